The maximum atomic E-state index is 13.1. The fraction of sp³-hybridized carbons (Fsp3) is 0.400. The number of hydrogen-bond donors (Lipinski definition) is 2. The van der Waals surface area contributed by atoms with E-state index in [4.69, 9.17) is 11.6 Å². The van der Waals surface area contributed by atoms with Gasteiger partial charge >= 0.3 is 0 Å². The molecule has 25 heavy (non-hydrogen) atoms. The van der Waals surface area contributed by atoms with Gasteiger partial charge in [0.05, 0.1) is 11.6 Å². The molecule has 1 unspecified atom stereocenters. The molecule has 2 N–H and O–H groups in total. The Balaban J connectivity index is 1.71. The molecule has 1 heterocycles. The van der Waals surface area contributed by atoms with Gasteiger partial charge < -0.3 is 10.2 Å². The molecule has 0 amide bonds. The van der Waals surface area contributed by atoms with Crippen molar-refractivity contribution in [2.45, 2.75) is 25.8 Å². The van der Waals surface area contributed by atoms with Gasteiger partial charge in [-0.2, -0.15) is 0 Å². The summed E-state index contributed by atoms with van der Waals surface area (Å²) in [6.45, 7) is 2.57. The van der Waals surface area contributed by atoms with Crippen molar-refractivity contribution in [3.8, 4) is 5.75 Å². The van der Waals surface area contributed by atoms with Crippen LogP contribution in [-0.2, 0) is 13.0 Å². The Morgan fingerprint density at radius 3 is 2.52 bits per heavy atom. The predicted molar refractivity (Wildman–Crippen MR) is 97.3 cm³/mol. The van der Waals surface area contributed by atoms with Crippen molar-refractivity contribution in [2.75, 3.05) is 19.7 Å². The molecule has 1 atom stereocenters. The number of aliphatic hydroxyl groups is 1. The van der Waals surface area contributed by atoms with E-state index in [1.54, 1.807) is 24.3 Å². The summed E-state index contributed by atoms with van der Waals surface area (Å²) in [6, 6.07) is 11.8. The van der Waals surface area contributed by atoms with Crippen LogP contribution in [0.3, 0.4) is 0 Å². The highest BCUT2D eigenvalue weighted by atomic mass is 35.5. The number of nitrogens with zero attached hydrogens (tertiary/aromatic N) is 1. The van der Waals surface area contributed by atoms with E-state index in [-0.39, 0.29) is 23.6 Å². The lowest BCUT2D eigenvalue weighted by molar-refractivity contribution is 0.0288. The lowest BCUT2D eigenvalue weighted by Gasteiger charge is -2.42. The Morgan fingerprint density at radius 2 is 1.84 bits per heavy atom. The molecule has 3 nitrogen and oxygen atoms in total. The molecular weight excluding hydrogens is 341 g/mol. The van der Waals surface area contributed by atoms with Gasteiger partial charge in [-0.3, -0.25) is 4.90 Å². The number of halogens is 2. The van der Waals surface area contributed by atoms with Crippen LogP contribution in [-0.4, -0.2) is 34.8 Å². The van der Waals surface area contributed by atoms with Gasteiger partial charge in [0.15, 0.2) is 0 Å². The first kappa shape index (κ1) is 18.2. The average Bonchev–Trinajstić information content (AvgIpc) is 2.61. The van der Waals surface area contributed by atoms with Crippen molar-refractivity contribution in [3.05, 3.63) is 64.4 Å². The summed E-state index contributed by atoms with van der Waals surface area (Å²) in [4.78, 5) is 2.31. The molecule has 0 saturated carbocycles. The normalized spacial score (nSPS) is 21.4. The highest BCUT2D eigenvalue weighted by Gasteiger charge is 2.35. The summed E-state index contributed by atoms with van der Waals surface area (Å²) >= 11 is 6.00. The molecule has 5 heteroatoms. The lowest BCUT2D eigenvalue weighted by Crippen LogP contribution is -2.46. The monoisotopic (exact) mass is 363 g/mol. The molecule has 0 aliphatic carbocycles. The second-order valence-electron chi connectivity index (χ2n) is 7.06. The van der Waals surface area contributed by atoms with Crippen LogP contribution < -0.4 is 0 Å². The minimum Gasteiger partial charge on any atom is -0.506 e. The number of piperidine rings is 1. The number of phenolic OH excluding ortho intramolecular Hbond substituents is 1. The molecule has 1 aliphatic rings. The van der Waals surface area contributed by atoms with Crippen LogP contribution in [0.5, 0.6) is 5.75 Å². The van der Waals surface area contributed by atoms with Crippen molar-refractivity contribution < 1.29 is 14.6 Å². The first-order valence-electron chi connectivity index (χ1n) is 8.55. The van der Waals surface area contributed by atoms with Crippen LogP contribution in [0, 0.1) is 11.2 Å². The number of aliphatic hydroxyl groups excluding tert-OH is 1. The van der Waals surface area contributed by atoms with Gasteiger partial charge in [0.2, 0.25) is 0 Å². The van der Waals surface area contributed by atoms with E-state index in [0.717, 1.165) is 50.0 Å². The second kappa shape index (κ2) is 7.73. The van der Waals surface area contributed by atoms with E-state index in [1.807, 2.05) is 6.07 Å². The third kappa shape index (κ3) is 4.51. The predicted octanol–water partition coefficient (Wildman–Crippen LogP) is 4.00. The fourth-order valence-electron chi connectivity index (χ4n) is 3.72. The molecule has 0 spiro atoms. The number of aromatic hydroxyl groups is 1. The Labute approximate surface area is 152 Å². The largest absolute Gasteiger partial charge is 0.506 e. The summed E-state index contributed by atoms with van der Waals surface area (Å²) in [6.07, 6.45) is 2.69. The molecule has 1 fully saturated rings. The molecule has 2 aromatic carbocycles. The number of rotatable bonds is 5. The van der Waals surface area contributed by atoms with E-state index in [1.165, 1.54) is 12.1 Å². The van der Waals surface area contributed by atoms with Crippen LogP contribution in [0.25, 0.3) is 0 Å². The van der Waals surface area contributed by atoms with Gasteiger partial charge in [0.25, 0.3) is 0 Å². The van der Waals surface area contributed by atoms with Gasteiger partial charge in [-0.25, -0.2) is 4.39 Å². The molecular formula is C20H23ClFNO2. The summed E-state index contributed by atoms with van der Waals surface area (Å²) in [7, 11) is 0. The molecule has 0 radical (unpaired) electrons. The van der Waals surface area contributed by atoms with Crippen molar-refractivity contribution in [2.24, 2.45) is 5.41 Å². The highest BCUT2D eigenvalue weighted by Crippen LogP contribution is 2.34. The summed E-state index contributed by atoms with van der Waals surface area (Å²) in [5, 5.41) is 20.0. The number of benzene rings is 2. The van der Waals surface area contributed by atoms with Crippen LogP contribution in [0.4, 0.5) is 4.39 Å². The fourth-order valence-corrected chi connectivity index (χ4v) is 3.92. The van der Waals surface area contributed by atoms with Crippen LogP contribution in [0.15, 0.2) is 42.5 Å². The number of likely N-dealkylation sites (tertiary alicyclic amines) is 1. The molecule has 1 aliphatic heterocycles. The maximum absolute atomic E-state index is 13.1. The molecule has 3 rings (SSSR count). The number of hydrogen-bond acceptors (Lipinski definition) is 3. The van der Waals surface area contributed by atoms with Crippen LogP contribution in [0.2, 0.25) is 5.02 Å². The van der Waals surface area contributed by atoms with Gasteiger partial charge in [0.1, 0.15) is 11.6 Å². The summed E-state index contributed by atoms with van der Waals surface area (Å²) in [5.74, 6) is -0.152. The van der Waals surface area contributed by atoms with E-state index >= 15 is 0 Å². The molecule has 134 valence electrons. The SMILES string of the molecule is OCC1(Cc2ccc(F)cc2)CCCN(Cc2ccc(O)c(Cl)c2)C1. The Hall–Kier alpha value is -1.62. The van der Waals surface area contributed by atoms with Crippen molar-refractivity contribution in [1.82, 2.24) is 4.90 Å². The van der Waals surface area contributed by atoms with Gasteiger partial charge in [-0.05, 0) is 61.2 Å². The molecule has 1 saturated heterocycles. The zero-order valence-corrected chi connectivity index (χ0v) is 14.8. The van der Waals surface area contributed by atoms with E-state index in [9.17, 15) is 14.6 Å². The van der Waals surface area contributed by atoms with Crippen LogP contribution >= 0.6 is 11.6 Å². The Kier molecular flexibility index (Phi) is 5.62. The standard InChI is InChI=1S/C20H23ClFNO2/c21-18-10-16(4-7-19(18)25)12-23-9-1-8-20(13-23,14-24)11-15-2-5-17(22)6-3-15/h2-7,10,24-25H,1,8-9,11-14H2. The van der Waals surface area contributed by atoms with E-state index < -0.39 is 0 Å². The van der Waals surface area contributed by atoms with Crippen molar-refractivity contribution in [1.29, 1.82) is 0 Å². The molecule has 0 bridgehead atoms. The summed E-state index contributed by atoms with van der Waals surface area (Å²) in [5.41, 5.74) is 1.87. The minimum absolute atomic E-state index is 0.0880. The van der Waals surface area contributed by atoms with Gasteiger partial charge in [0, 0.05) is 18.5 Å². The topological polar surface area (TPSA) is 43.7 Å². The van der Waals surface area contributed by atoms with Crippen molar-refractivity contribution >= 4 is 11.6 Å². The third-order valence-electron chi connectivity index (χ3n) is 4.99. The average molecular weight is 364 g/mol. The first-order valence-corrected chi connectivity index (χ1v) is 8.93. The van der Waals surface area contributed by atoms with E-state index in [2.05, 4.69) is 4.90 Å². The highest BCUT2D eigenvalue weighted by molar-refractivity contribution is 6.32. The molecule has 0 aromatic heterocycles. The third-order valence-corrected chi connectivity index (χ3v) is 5.29. The maximum Gasteiger partial charge on any atom is 0.134 e. The number of phenols is 1. The zero-order chi connectivity index (χ0) is 17.9. The van der Waals surface area contributed by atoms with Gasteiger partial charge in [-0.1, -0.05) is 29.8 Å². The quantitative estimate of drug-likeness (QED) is 0.843. The molecule has 2 aromatic rings. The minimum atomic E-state index is -0.240. The zero-order valence-electron chi connectivity index (χ0n) is 14.1. The van der Waals surface area contributed by atoms with Gasteiger partial charge in [-0.15, -0.1) is 0 Å². The second-order valence-corrected chi connectivity index (χ2v) is 7.47. The smallest absolute Gasteiger partial charge is 0.134 e. The van der Waals surface area contributed by atoms with E-state index in [0.29, 0.717) is 5.02 Å². The lowest BCUT2D eigenvalue weighted by atomic mass is 9.75. The van der Waals surface area contributed by atoms with Crippen LogP contribution in [0.1, 0.15) is 24.0 Å². The Morgan fingerprint density at radius 1 is 1.12 bits per heavy atom. The summed E-state index contributed by atoms with van der Waals surface area (Å²) < 4.78 is 13.1. The Bertz CT molecular complexity index is 722. The van der Waals surface area contributed by atoms with Crippen molar-refractivity contribution in [3.63, 3.8) is 0 Å². The first-order chi connectivity index (χ1) is 12.0.